The number of hydrogen-bond acceptors (Lipinski definition) is 5. The van der Waals surface area contributed by atoms with E-state index in [1.807, 2.05) is 30.3 Å². The fourth-order valence-corrected chi connectivity index (χ4v) is 3.04. The Hall–Kier alpha value is -2.84. The number of fused-ring (bicyclic) bond motifs is 1. The van der Waals surface area contributed by atoms with Crippen molar-refractivity contribution in [2.45, 2.75) is 13.0 Å². The molecule has 2 heterocycles. The molecule has 2 aromatic heterocycles. The van der Waals surface area contributed by atoms with Gasteiger partial charge in [0.15, 0.2) is 4.77 Å². The number of pyridine rings is 1. The largest absolute Gasteiger partial charge is 0.478 e. The maximum atomic E-state index is 12.4. The van der Waals surface area contributed by atoms with Gasteiger partial charge in [-0.05, 0) is 24.7 Å². The molecule has 0 fully saturated rings. The fraction of sp³-hybridized carbons (Fsp3) is 0.222. The molecule has 0 amide bonds. The minimum absolute atomic E-state index is 0.0168. The first-order valence-corrected chi connectivity index (χ1v) is 8.39. The Labute approximate surface area is 153 Å². The highest BCUT2D eigenvalue weighted by Crippen LogP contribution is 2.23. The average molecular weight is 371 g/mol. The molecule has 0 radical (unpaired) electrons. The maximum absolute atomic E-state index is 12.4. The first-order chi connectivity index (χ1) is 12.5. The molecule has 0 atom stereocenters. The SMILES string of the molecule is COCCCn1c(=S)[nH]c(=O)c2c(C(=O)O)cc(-c3ccccc3)nc21. The van der Waals surface area contributed by atoms with Gasteiger partial charge in [-0.2, -0.15) is 0 Å². The summed E-state index contributed by atoms with van der Waals surface area (Å²) in [4.78, 5) is 31.3. The van der Waals surface area contributed by atoms with Crippen LogP contribution in [0.15, 0.2) is 41.2 Å². The molecule has 1 aromatic carbocycles. The second-order valence-corrected chi connectivity index (χ2v) is 6.07. The van der Waals surface area contributed by atoms with Crippen molar-refractivity contribution in [1.82, 2.24) is 14.5 Å². The van der Waals surface area contributed by atoms with Crippen molar-refractivity contribution in [3.05, 3.63) is 57.1 Å². The Balaban J connectivity index is 2.34. The Bertz CT molecular complexity index is 1070. The number of rotatable bonds is 6. The summed E-state index contributed by atoms with van der Waals surface area (Å²) in [5, 5.41) is 9.63. The van der Waals surface area contributed by atoms with Crippen molar-refractivity contribution in [2.24, 2.45) is 0 Å². The molecule has 3 aromatic rings. The maximum Gasteiger partial charge on any atom is 0.336 e. The number of aromatic nitrogens is 3. The molecule has 0 saturated carbocycles. The molecule has 3 rings (SSSR count). The number of carbonyl (C=O) groups is 1. The van der Waals surface area contributed by atoms with Crippen LogP contribution < -0.4 is 5.56 Å². The van der Waals surface area contributed by atoms with Crippen LogP contribution in [0.5, 0.6) is 0 Å². The van der Waals surface area contributed by atoms with Crippen LogP contribution in [-0.2, 0) is 11.3 Å². The number of aromatic carboxylic acids is 1. The lowest BCUT2D eigenvalue weighted by atomic mass is 10.1. The molecule has 0 bridgehead atoms. The van der Waals surface area contributed by atoms with Crippen molar-refractivity contribution in [1.29, 1.82) is 0 Å². The third kappa shape index (κ3) is 3.42. The number of aromatic amines is 1. The third-order valence-corrected chi connectivity index (χ3v) is 4.30. The van der Waals surface area contributed by atoms with Crippen LogP contribution in [0.2, 0.25) is 0 Å². The van der Waals surface area contributed by atoms with E-state index in [4.69, 9.17) is 17.0 Å². The molecule has 8 heteroatoms. The van der Waals surface area contributed by atoms with Gasteiger partial charge in [-0.1, -0.05) is 30.3 Å². The van der Waals surface area contributed by atoms with Gasteiger partial charge in [-0.15, -0.1) is 0 Å². The van der Waals surface area contributed by atoms with Gasteiger partial charge in [-0.25, -0.2) is 9.78 Å². The van der Waals surface area contributed by atoms with Crippen LogP contribution in [-0.4, -0.2) is 39.3 Å². The van der Waals surface area contributed by atoms with Crippen molar-refractivity contribution in [3.8, 4) is 11.3 Å². The van der Waals surface area contributed by atoms with Gasteiger partial charge in [0, 0.05) is 25.8 Å². The van der Waals surface area contributed by atoms with Crippen LogP contribution in [0.25, 0.3) is 22.3 Å². The number of methoxy groups -OCH3 is 1. The normalized spacial score (nSPS) is 11.0. The van der Waals surface area contributed by atoms with Gasteiger partial charge in [0.2, 0.25) is 0 Å². The zero-order valence-corrected chi connectivity index (χ0v) is 14.9. The molecule has 0 aliphatic carbocycles. The van der Waals surface area contributed by atoms with Crippen LogP contribution >= 0.6 is 12.2 Å². The number of nitrogens with zero attached hydrogens (tertiary/aromatic N) is 2. The topological polar surface area (TPSA) is 97.2 Å². The summed E-state index contributed by atoms with van der Waals surface area (Å²) in [6, 6.07) is 10.6. The molecular formula is C18H17N3O4S. The summed E-state index contributed by atoms with van der Waals surface area (Å²) in [6.07, 6.45) is 0.644. The molecule has 0 saturated heterocycles. The number of hydrogen-bond donors (Lipinski definition) is 2. The van der Waals surface area contributed by atoms with Crippen molar-refractivity contribution >= 4 is 29.2 Å². The van der Waals surface area contributed by atoms with Crippen LogP contribution in [0.3, 0.4) is 0 Å². The lowest BCUT2D eigenvalue weighted by Crippen LogP contribution is -2.19. The Kier molecular flexibility index (Phi) is 5.24. The zero-order valence-electron chi connectivity index (χ0n) is 14.1. The van der Waals surface area contributed by atoms with Crippen molar-refractivity contribution in [3.63, 3.8) is 0 Å². The molecule has 0 unspecified atom stereocenters. The van der Waals surface area contributed by atoms with Crippen molar-refractivity contribution < 1.29 is 14.6 Å². The van der Waals surface area contributed by atoms with E-state index in [0.29, 0.717) is 25.3 Å². The van der Waals surface area contributed by atoms with Crippen LogP contribution in [0.4, 0.5) is 0 Å². The smallest absolute Gasteiger partial charge is 0.336 e. The lowest BCUT2D eigenvalue weighted by molar-refractivity contribution is 0.0699. The van der Waals surface area contributed by atoms with Gasteiger partial charge >= 0.3 is 5.97 Å². The predicted octanol–water partition coefficient (Wildman–Crippen LogP) is 2.86. The molecule has 134 valence electrons. The summed E-state index contributed by atoms with van der Waals surface area (Å²) in [5.41, 5.74) is 0.819. The molecule has 26 heavy (non-hydrogen) atoms. The highest BCUT2D eigenvalue weighted by Gasteiger charge is 2.18. The Morgan fingerprint density at radius 2 is 2.08 bits per heavy atom. The molecule has 7 nitrogen and oxygen atoms in total. The molecule has 0 aliphatic rings. The van der Waals surface area contributed by atoms with E-state index in [1.165, 1.54) is 6.07 Å². The van der Waals surface area contributed by atoms with Crippen molar-refractivity contribution in [2.75, 3.05) is 13.7 Å². The van der Waals surface area contributed by atoms with Gasteiger partial charge in [0.05, 0.1) is 16.6 Å². The van der Waals surface area contributed by atoms with E-state index in [9.17, 15) is 14.7 Å². The van der Waals surface area contributed by atoms with Gasteiger partial charge in [0.1, 0.15) is 5.65 Å². The first-order valence-electron chi connectivity index (χ1n) is 7.98. The number of nitrogens with one attached hydrogen (secondary N) is 1. The summed E-state index contributed by atoms with van der Waals surface area (Å²) < 4.78 is 6.90. The first kappa shape index (κ1) is 18.0. The second-order valence-electron chi connectivity index (χ2n) is 5.68. The number of aryl methyl sites for hydroxylation is 1. The van der Waals surface area contributed by atoms with Gasteiger partial charge in [0.25, 0.3) is 5.56 Å². The molecule has 0 spiro atoms. The standard InChI is InChI=1S/C18H17N3O4S/c1-25-9-5-8-21-15-14(16(22)20-18(21)26)12(17(23)24)10-13(19-15)11-6-3-2-4-7-11/h2-4,6-7,10H,5,8-9H2,1H3,(H,23,24)(H,20,22,26). The zero-order chi connectivity index (χ0) is 18.7. The monoisotopic (exact) mass is 371 g/mol. The highest BCUT2D eigenvalue weighted by molar-refractivity contribution is 7.71. The van der Waals surface area contributed by atoms with E-state index in [0.717, 1.165) is 5.56 Å². The highest BCUT2D eigenvalue weighted by atomic mass is 32.1. The summed E-state index contributed by atoms with van der Waals surface area (Å²) in [6.45, 7) is 0.955. The van der Waals surface area contributed by atoms with Crippen LogP contribution in [0.1, 0.15) is 16.8 Å². The van der Waals surface area contributed by atoms with E-state index >= 15 is 0 Å². The molecule has 0 aliphatic heterocycles. The number of benzene rings is 1. The Morgan fingerprint density at radius 3 is 2.73 bits per heavy atom. The molecular weight excluding hydrogens is 354 g/mol. The quantitative estimate of drug-likeness (QED) is 0.511. The summed E-state index contributed by atoms with van der Waals surface area (Å²) in [7, 11) is 1.60. The van der Waals surface area contributed by atoms with E-state index in [1.54, 1.807) is 11.7 Å². The average Bonchev–Trinajstić information content (AvgIpc) is 2.64. The number of carboxylic acids is 1. The minimum Gasteiger partial charge on any atom is -0.478 e. The van der Waals surface area contributed by atoms with E-state index < -0.39 is 11.5 Å². The van der Waals surface area contributed by atoms with Gasteiger partial charge in [-0.3, -0.25) is 9.78 Å². The number of ether oxygens (including phenoxy) is 1. The Morgan fingerprint density at radius 1 is 1.35 bits per heavy atom. The van der Waals surface area contributed by atoms with E-state index in [2.05, 4.69) is 9.97 Å². The minimum atomic E-state index is -1.19. The number of H-pyrrole nitrogens is 1. The summed E-state index contributed by atoms with van der Waals surface area (Å²) >= 11 is 5.26. The second kappa shape index (κ2) is 7.59. The third-order valence-electron chi connectivity index (χ3n) is 3.98. The van der Waals surface area contributed by atoms with E-state index in [-0.39, 0.29) is 21.4 Å². The number of carboxylic acid groups (broad SMARTS) is 1. The predicted molar refractivity (Wildman–Crippen MR) is 100 cm³/mol. The summed E-state index contributed by atoms with van der Waals surface area (Å²) in [5.74, 6) is -1.19. The fourth-order valence-electron chi connectivity index (χ4n) is 2.77. The molecule has 2 N–H and O–H groups in total. The van der Waals surface area contributed by atoms with Crippen LogP contribution in [0, 0.1) is 4.77 Å². The van der Waals surface area contributed by atoms with Gasteiger partial charge < -0.3 is 14.4 Å². The lowest BCUT2D eigenvalue weighted by Gasteiger charge is -2.13.